The highest BCUT2D eigenvalue weighted by Crippen LogP contribution is 2.17. The van der Waals surface area contributed by atoms with Gasteiger partial charge in [-0.25, -0.2) is 4.39 Å². The zero-order chi connectivity index (χ0) is 12.1. The van der Waals surface area contributed by atoms with Gasteiger partial charge >= 0.3 is 0 Å². The smallest absolute Gasteiger partial charge is 0.142 e. The van der Waals surface area contributed by atoms with Crippen LogP contribution in [0.5, 0.6) is 0 Å². The van der Waals surface area contributed by atoms with Crippen molar-refractivity contribution in [3.63, 3.8) is 0 Å². The van der Waals surface area contributed by atoms with Crippen molar-refractivity contribution in [3.8, 4) is 0 Å². The molecule has 0 amide bonds. The van der Waals surface area contributed by atoms with Crippen LogP contribution >= 0.6 is 11.6 Å². The predicted molar refractivity (Wildman–Crippen MR) is 66.7 cm³/mol. The molecule has 2 rings (SSSR count). The number of ether oxygens (including phenoxy) is 1. The molecule has 1 heterocycles. The van der Waals surface area contributed by atoms with Crippen molar-refractivity contribution in [3.05, 3.63) is 34.6 Å². The molecule has 0 bridgehead atoms. The fourth-order valence-electron chi connectivity index (χ4n) is 2.02. The van der Waals surface area contributed by atoms with E-state index < -0.39 is 0 Å². The van der Waals surface area contributed by atoms with E-state index in [2.05, 4.69) is 5.32 Å². The van der Waals surface area contributed by atoms with E-state index in [1.54, 1.807) is 12.1 Å². The lowest BCUT2D eigenvalue weighted by Gasteiger charge is -2.22. The molecule has 0 saturated carbocycles. The molecular weight excluding hydrogens is 241 g/mol. The Morgan fingerprint density at radius 2 is 2.12 bits per heavy atom. The van der Waals surface area contributed by atoms with Crippen LogP contribution in [0.1, 0.15) is 18.4 Å². The van der Waals surface area contributed by atoms with Crippen LogP contribution in [0.4, 0.5) is 4.39 Å². The van der Waals surface area contributed by atoms with Crippen LogP contribution in [-0.4, -0.2) is 19.7 Å². The molecule has 1 N–H and O–H groups in total. The number of nitrogens with one attached hydrogen (secondary N) is 1. The largest absolute Gasteiger partial charge is 0.376 e. The Labute approximate surface area is 106 Å². The number of rotatable bonds is 4. The van der Waals surface area contributed by atoms with Gasteiger partial charge < -0.3 is 10.1 Å². The van der Waals surface area contributed by atoms with Crippen molar-refractivity contribution >= 4 is 11.6 Å². The van der Waals surface area contributed by atoms with E-state index in [0.29, 0.717) is 12.5 Å². The lowest BCUT2D eigenvalue weighted by molar-refractivity contribution is 0.0762. The minimum absolute atomic E-state index is 0.159. The molecule has 1 aliphatic rings. The van der Waals surface area contributed by atoms with E-state index in [1.807, 2.05) is 0 Å². The van der Waals surface area contributed by atoms with Crippen molar-refractivity contribution in [2.24, 2.45) is 5.92 Å². The minimum Gasteiger partial charge on any atom is -0.376 e. The van der Waals surface area contributed by atoms with Gasteiger partial charge in [0.05, 0.1) is 11.6 Å². The number of piperidine rings is 1. The first-order chi connectivity index (χ1) is 8.25. The van der Waals surface area contributed by atoms with Gasteiger partial charge in [-0.3, -0.25) is 0 Å². The summed E-state index contributed by atoms with van der Waals surface area (Å²) < 4.78 is 18.8. The maximum Gasteiger partial charge on any atom is 0.142 e. The quantitative estimate of drug-likeness (QED) is 0.895. The van der Waals surface area contributed by atoms with Crippen molar-refractivity contribution in [1.29, 1.82) is 0 Å². The summed E-state index contributed by atoms with van der Waals surface area (Å²) in [7, 11) is 0. The maximum absolute atomic E-state index is 13.2. The number of halogens is 2. The lowest BCUT2D eigenvalue weighted by atomic mass is 9.99. The van der Waals surface area contributed by atoms with Crippen molar-refractivity contribution in [2.45, 2.75) is 19.4 Å². The number of hydrogen-bond donors (Lipinski definition) is 1. The molecule has 2 nitrogen and oxygen atoms in total. The zero-order valence-corrected chi connectivity index (χ0v) is 10.5. The Balaban J connectivity index is 1.75. The van der Waals surface area contributed by atoms with Gasteiger partial charge in [0.25, 0.3) is 0 Å². The highest BCUT2D eigenvalue weighted by Gasteiger charge is 2.12. The Hall–Kier alpha value is -0.640. The summed E-state index contributed by atoms with van der Waals surface area (Å²) in [5.41, 5.74) is 0.834. The van der Waals surface area contributed by atoms with Gasteiger partial charge in [-0.1, -0.05) is 17.7 Å². The van der Waals surface area contributed by atoms with E-state index in [0.717, 1.165) is 38.1 Å². The summed E-state index contributed by atoms with van der Waals surface area (Å²) in [6.45, 7) is 3.36. The third-order valence-corrected chi connectivity index (χ3v) is 3.37. The molecule has 0 unspecified atom stereocenters. The molecule has 1 aromatic rings. The van der Waals surface area contributed by atoms with Crippen molar-refractivity contribution < 1.29 is 9.13 Å². The molecule has 94 valence electrons. The van der Waals surface area contributed by atoms with Crippen LogP contribution in [0.3, 0.4) is 0 Å². The van der Waals surface area contributed by atoms with Crippen LogP contribution in [0.2, 0.25) is 5.02 Å². The molecular formula is C13H17ClFNO. The summed E-state index contributed by atoms with van der Waals surface area (Å²) in [6.07, 6.45) is 2.32. The fourth-order valence-corrected chi connectivity index (χ4v) is 2.14. The standard InChI is InChI=1S/C13H17ClFNO/c14-12-2-1-11(7-13(12)15)9-17-8-10-3-5-16-6-4-10/h1-2,7,10,16H,3-6,8-9H2. The summed E-state index contributed by atoms with van der Waals surface area (Å²) >= 11 is 5.61. The van der Waals surface area contributed by atoms with E-state index in [1.165, 1.54) is 6.07 Å². The van der Waals surface area contributed by atoms with Gasteiger partial charge in [0, 0.05) is 6.61 Å². The second-order valence-corrected chi connectivity index (χ2v) is 4.86. The van der Waals surface area contributed by atoms with E-state index >= 15 is 0 Å². The highest BCUT2D eigenvalue weighted by molar-refractivity contribution is 6.30. The second kappa shape index (κ2) is 6.34. The minimum atomic E-state index is -0.380. The first-order valence-corrected chi connectivity index (χ1v) is 6.36. The molecule has 1 aromatic carbocycles. The molecule has 17 heavy (non-hydrogen) atoms. The van der Waals surface area contributed by atoms with Gasteiger partial charge in [0.1, 0.15) is 5.82 Å². The van der Waals surface area contributed by atoms with Crippen molar-refractivity contribution in [2.75, 3.05) is 19.7 Å². The molecule has 1 aliphatic heterocycles. The maximum atomic E-state index is 13.2. The van der Waals surface area contributed by atoms with Gasteiger partial charge in [-0.15, -0.1) is 0 Å². The first-order valence-electron chi connectivity index (χ1n) is 5.98. The molecule has 0 spiro atoms. The van der Waals surface area contributed by atoms with Crippen LogP contribution in [0.25, 0.3) is 0 Å². The Bertz CT molecular complexity index is 366. The van der Waals surface area contributed by atoms with Crippen molar-refractivity contribution in [1.82, 2.24) is 5.32 Å². The Morgan fingerprint density at radius 3 is 2.82 bits per heavy atom. The summed E-state index contributed by atoms with van der Waals surface area (Å²) in [5.74, 6) is 0.253. The van der Waals surface area contributed by atoms with E-state index in [4.69, 9.17) is 16.3 Å². The third kappa shape index (κ3) is 3.95. The lowest BCUT2D eigenvalue weighted by Crippen LogP contribution is -2.29. The normalized spacial score (nSPS) is 17.3. The fraction of sp³-hybridized carbons (Fsp3) is 0.538. The summed E-state index contributed by atoms with van der Waals surface area (Å²) in [4.78, 5) is 0. The first kappa shape index (κ1) is 12.8. The number of benzene rings is 1. The average molecular weight is 258 g/mol. The predicted octanol–water partition coefficient (Wildman–Crippen LogP) is 3.00. The third-order valence-electron chi connectivity index (χ3n) is 3.07. The molecule has 1 saturated heterocycles. The molecule has 1 fully saturated rings. The van der Waals surface area contributed by atoms with Gasteiger partial charge in [-0.2, -0.15) is 0 Å². The van der Waals surface area contributed by atoms with E-state index in [9.17, 15) is 4.39 Å². The molecule has 0 aliphatic carbocycles. The summed E-state index contributed by atoms with van der Waals surface area (Å²) in [5, 5.41) is 3.48. The van der Waals surface area contributed by atoms with Crippen LogP contribution in [-0.2, 0) is 11.3 Å². The zero-order valence-electron chi connectivity index (χ0n) is 9.72. The molecule has 0 aromatic heterocycles. The topological polar surface area (TPSA) is 21.3 Å². The van der Waals surface area contributed by atoms with Crippen LogP contribution < -0.4 is 5.32 Å². The molecule has 4 heteroatoms. The monoisotopic (exact) mass is 257 g/mol. The Kier molecular flexibility index (Phi) is 4.77. The second-order valence-electron chi connectivity index (χ2n) is 4.46. The molecule has 0 radical (unpaired) electrons. The SMILES string of the molecule is Fc1cc(COCC2CCNCC2)ccc1Cl. The summed E-state index contributed by atoms with van der Waals surface area (Å²) in [6, 6.07) is 4.80. The molecule has 0 atom stereocenters. The van der Waals surface area contributed by atoms with Gasteiger partial charge in [0.15, 0.2) is 0 Å². The average Bonchev–Trinajstić information content (AvgIpc) is 2.35. The highest BCUT2D eigenvalue weighted by atomic mass is 35.5. The van der Waals surface area contributed by atoms with Crippen LogP contribution in [0.15, 0.2) is 18.2 Å². The Morgan fingerprint density at radius 1 is 1.35 bits per heavy atom. The number of hydrogen-bond acceptors (Lipinski definition) is 2. The van der Waals surface area contributed by atoms with Gasteiger partial charge in [-0.05, 0) is 49.5 Å². The van der Waals surface area contributed by atoms with Crippen LogP contribution in [0, 0.1) is 11.7 Å². The van der Waals surface area contributed by atoms with Gasteiger partial charge in [0.2, 0.25) is 0 Å². The van der Waals surface area contributed by atoms with E-state index in [-0.39, 0.29) is 10.8 Å².